The maximum Gasteiger partial charge on any atom is 0.258 e. The number of hydrogen-bond acceptors (Lipinski definition) is 5. The van der Waals surface area contributed by atoms with Crippen LogP contribution in [0, 0.1) is 0 Å². The number of nitrogens with one attached hydrogen (secondary N) is 1. The van der Waals surface area contributed by atoms with E-state index in [1.165, 1.54) is 43.0 Å². The molecule has 5 nitrogen and oxygen atoms in total. The quantitative estimate of drug-likeness (QED) is 0.654. The van der Waals surface area contributed by atoms with Gasteiger partial charge in [-0.15, -0.1) is 0 Å². The topological polar surface area (TPSA) is 68.0 Å². The Kier molecular flexibility index (Phi) is 5.11. The predicted molar refractivity (Wildman–Crippen MR) is 86.7 cm³/mol. The van der Waals surface area contributed by atoms with Gasteiger partial charge in [-0.2, -0.15) is 4.98 Å². The fraction of sp³-hybridized carbons (Fsp3) is 0.438. The molecule has 0 spiro atoms. The lowest BCUT2D eigenvalue weighted by molar-refractivity contribution is -0.118. The van der Waals surface area contributed by atoms with Gasteiger partial charge in [-0.1, -0.05) is 23.4 Å². The molecular weight excluding hydrogens is 298 g/mol. The minimum atomic E-state index is 0.0108. The van der Waals surface area contributed by atoms with E-state index in [4.69, 9.17) is 4.42 Å². The molecule has 2 aromatic rings. The normalized spacial score (nSPS) is 14.8. The van der Waals surface area contributed by atoms with E-state index in [-0.39, 0.29) is 5.91 Å². The van der Waals surface area contributed by atoms with Gasteiger partial charge < -0.3 is 9.73 Å². The largest absolute Gasteiger partial charge is 0.430 e. The number of oxazole rings is 1. The molecular formula is C16H19N3O2S. The zero-order chi connectivity index (χ0) is 15.2. The van der Waals surface area contributed by atoms with Crippen LogP contribution in [0.15, 0.2) is 39.6 Å². The molecule has 0 aliphatic heterocycles. The Bertz CT molecular complexity index is 648. The van der Waals surface area contributed by atoms with Crippen molar-refractivity contribution in [3.63, 3.8) is 0 Å². The Morgan fingerprint density at radius 3 is 3.18 bits per heavy atom. The Morgan fingerprint density at radius 2 is 2.36 bits per heavy atom. The van der Waals surface area contributed by atoms with Crippen LogP contribution in [0.4, 0.5) is 0 Å². The second-order valence-corrected chi connectivity index (χ2v) is 6.23. The number of amides is 1. The fourth-order valence-electron chi connectivity index (χ4n) is 2.48. The van der Waals surface area contributed by atoms with Crippen LogP contribution in [-0.2, 0) is 4.79 Å². The van der Waals surface area contributed by atoms with E-state index in [9.17, 15) is 4.79 Å². The molecule has 0 unspecified atom stereocenters. The number of rotatable bonds is 6. The summed E-state index contributed by atoms with van der Waals surface area (Å²) in [5.41, 5.74) is 2.70. The van der Waals surface area contributed by atoms with Gasteiger partial charge in [-0.3, -0.25) is 4.79 Å². The molecule has 1 N–H and O–H groups in total. The highest BCUT2D eigenvalue weighted by atomic mass is 32.2. The van der Waals surface area contributed by atoms with Crippen LogP contribution >= 0.6 is 11.8 Å². The zero-order valence-electron chi connectivity index (χ0n) is 12.4. The number of pyridine rings is 1. The number of hydrogen-bond donors (Lipinski definition) is 1. The van der Waals surface area contributed by atoms with Crippen molar-refractivity contribution in [2.75, 3.05) is 12.3 Å². The lowest BCUT2D eigenvalue weighted by atomic mass is 9.97. The minimum absolute atomic E-state index is 0.0108. The zero-order valence-corrected chi connectivity index (χ0v) is 13.2. The summed E-state index contributed by atoms with van der Waals surface area (Å²) in [6.45, 7) is 0.709. The third-order valence-corrected chi connectivity index (χ3v) is 4.45. The van der Waals surface area contributed by atoms with E-state index >= 15 is 0 Å². The summed E-state index contributed by atoms with van der Waals surface area (Å²) in [6, 6.07) is 3.62. The number of aromatic nitrogens is 2. The highest BCUT2D eigenvalue weighted by Crippen LogP contribution is 2.22. The smallest absolute Gasteiger partial charge is 0.258 e. The van der Waals surface area contributed by atoms with E-state index < -0.39 is 0 Å². The minimum Gasteiger partial charge on any atom is -0.430 e. The molecule has 0 saturated heterocycles. The molecule has 22 heavy (non-hydrogen) atoms. The third kappa shape index (κ3) is 4.10. The van der Waals surface area contributed by atoms with Crippen LogP contribution in [0.3, 0.4) is 0 Å². The van der Waals surface area contributed by atoms with Crippen LogP contribution in [0.2, 0.25) is 0 Å². The molecule has 2 heterocycles. The van der Waals surface area contributed by atoms with Crippen molar-refractivity contribution in [2.45, 2.75) is 37.3 Å². The summed E-state index contributed by atoms with van der Waals surface area (Å²) in [4.78, 5) is 20.2. The van der Waals surface area contributed by atoms with E-state index in [1.54, 1.807) is 12.3 Å². The van der Waals surface area contributed by atoms with Crippen molar-refractivity contribution >= 4 is 28.9 Å². The van der Waals surface area contributed by atoms with E-state index in [0.717, 1.165) is 6.42 Å². The van der Waals surface area contributed by atoms with Crippen molar-refractivity contribution in [1.82, 2.24) is 15.3 Å². The van der Waals surface area contributed by atoms with Gasteiger partial charge in [0, 0.05) is 12.7 Å². The molecule has 1 amide bonds. The van der Waals surface area contributed by atoms with Crippen molar-refractivity contribution in [3.05, 3.63) is 30.0 Å². The molecule has 2 aromatic heterocycles. The number of nitrogens with zero attached hydrogens (tertiary/aromatic N) is 2. The van der Waals surface area contributed by atoms with E-state index in [1.807, 2.05) is 6.07 Å². The van der Waals surface area contributed by atoms with Crippen LogP contribution in [0.1, 0.15) is 32.1 Å². The second-order valence-electron chi connectivity index (χ2n) is 5.30. The first-order valence-corrected chi connectivity index (χ1v) is 8.59. The predicted octanol–water partition coefficient (Wildman–Crippen LogP) is 3.32. The standard InChI is InChI=1S/C16H19N3O2S/c20-14(17-10-8-12-5-2-1-3-6-12)11-22-16-19-15-13(21-16)7-4-9-18-15/h4-5,7,9H,1-3,6,8,10-11H2,(H,17,20). The van der Waals surface area contributed by atoms with Gasteiger partial charge in [-0.25, -0.2) is 4.98 Å². The van der Waals surface area contributed by atoms with Gasteiger partial charge in [0.25, 0.3) is 5.22 Å². The first kappa shape index (κ1) is 15.1. The highest BCUT2D eigenvalue weighted by molar-refractivity contribution is 7.99. The summed E-state index contributed by atoms with van der Waals surface area (Å²) < 4.78 is 5.52. The monoisotopic (exact) mass is 317 g/mol. The maximum absolute atomic E-state index is 11.8. The first-order valence-electron chi connectivity index (χ1n) is 7.60. The van der Waals surface area contributed by atoms with Gasteiger partial charge in [-0.05, 0) is 44.2 Å². The molecule has 1 aliphatic carbocycles. The molecule has 0 saturated carbocycles. The van der Waals surface area contributed by atoms with Crippen LogP contribution < -0.4 is 5.32 Å². The molecule has 6 heteroatoms. The summed E-state index contributed by atoms with van der Waals surface area (Å²) >= 11 is 1.30. The Labute approximate surface area is 133 Å². The van der Waals surface area contributed by atoms with Crippen LogP contribution in [0.25, 0.3) is 11.2 Å². The molecule has 0 bridgehead atoms. The van der Waals surface area contributed by atoms with Crippen molar-refractivity contribution in [1.29, 1.82) is 0 Å². The molecule has 3 rings (SSSR count). The summed E-state index contributed by atoms with van der Waals surface area (Å²) in [7, 11) is 0. The molecule has 0 aromatic carbocycles. The molecule has 0 radical (unpaired) electrons. The number of fused-ring (bicyclic) bond motifs is 1. The number of allylic oxidation sites excluding steroid dienone is 1. The summed E-state index contributed by atoms with van der Waals surface area (Å²) in [5.74, 6) is 0.322. The number of carbonyl (C=O) groups excluding carboxylic acids is 1. The highest BCUT2D eigenvalue weighted by Gasteiger charge is 2.10. The Morgan fingerprint density at radius 1 is 1.41 bits per heavy atom. The Balaban J connectivity index is 1.41. The number of carbonyl (C=O) groups is 1. The van der Waals surface area contributed by atoms with Crippen molar-refractivity contribution in [3.8, 4) is 0 Å². The first-order chi connectivity index (χ1) is 10.8. The molecule has 0 fully saturated rings. The second kappa shape index (κ2) is 7.45. The van der Waals surface area contributed by atoms with Gasteiger partial charge in [0.2, 0.25) is 5.91 Å². The SMILES string of the molecule is O=C(CSc1nc2ncccc2o1)NCCC1=CCCCC1. The third-order valence-electron chi connectivity index (χ3n) is 3.63. The molecule has 1 aliphatic rings. The average Bonchev–Trinajstić information content (AvgIpc) is 2.97. The molecule has 0 atom stereocenters. The average molecular weight is 317 g/mol. The maximum atomic E-state index is 11.8. The Hall–Kier alpha value is -1.82. The number of thioether (sulfide) groups is 1. The van der Waals surface area contributed by atoms with Crippen molar-refractivity contribution < 1.29 is 9.21 Å². The van der Waals surface area contributed by atoms with E-state index in [0.29, 0.717) is 28.8 Å². The molecule has 116 valence electrons. The van der Waals surface area contributed by atoms with Gasteiger partial charge in [0.15, 0.2) is 11.2 Å². The summed E-state index contributed by atoms with van der Waals surface area (Å²) in [5, 5.41) is 3.43. The van der Waals surface area contributed by atoms with Crippen LogP contribution in [0.5, 0.6) is 0 Å². The van der Waals surface area contributed by atoms with Crippen molar-refractivity contribution in [2.24, 2.45) is 0 Å². The van der Waals surface area contributed by atoms with Gasteiger partial charge >= 0.3 is 0 Å². The fourth-order valence-corrected chi connectivity index (χ4v) is 3.14. The van der Waals surface area contributed by atoms with Gasteiger partial charge in [0.05, 0.1) is 5.75 Å². The van der Waals surface area contributed by atoms with Gasteiger partial charge in [0.1, 0.15) is 0 Å². The van der Waals surface area contributed by atoms with E-state index in [2.05, 4.69) is 21.4 Å². The van der Waals surface area contributed by atoms with Crippen LogP contribution in [-0.4, -0.2) is 28.2 Å². The lowest BCUT2D eigenvalue weighted by Gasteiger charge is -2.12. The summed E-state index contributed by atoms with van der Waals surface area (Å²) in [6.07, 6.45) is 9.89. The lowest BCUT2D eigenvalue weighted by Crippen LogP contribution is -2.26.